The second-order valence-electron chi connectivity index (χ2n) is 6.45. The van der Waals surface area contributed by atoms with Crippen molar-refractivity contribution in [2.75, 3.05) is 17.2 Å². The minimum Gasteiger partial charge on any atom is -0.452 e. The fourth-order valence-corrected chi connectivity index (χ4v) is 2.67. The van der Waals surface area contributed by atoms with E-state index in [0.29, 0.717) is 5.69 Å². The number of nitro benzene ring substituents is 2. The number of nitro groups is 2. The number of nitrogens with zero attached hydrogens (tertiary/aromatic N) is 2. The lowest BCUT2D eigenvalue weighted by atomic mass is 10.1. The molecule has 0 atom stereocenters. The first-order chi connectivity index (χ1) is 14.2. The van der Waals surface area contributed by atoms with Crippen LogP contribution in [-0.4, -0.2) is 34.4 Å². The zero-order valence-electron chi connectivity index (χ0n) is 15.3. The third-order valence-electron chi connectivity index (χ3n) is 4.14. The van der Waals surface area contributed by atoms with Crippen LogP contribution < -0.4 is 10.6 Å². The monoisotopic (exact) mass is 434 g/mol. The summed E-state index contributed by atoms with van der Waals surface area (Å²) in [6, 6.07) is 7.51. The van der Waals surface area contributed by atoms with Gasteiger partial charge in [0.25, 0.3) is 17.3 Å². The van der Waals surface area contributed by atoms with Gasteiger partial charge in [0.2, 0.25) is 0 Å². The lowest BCUT2D eigenvalue weighted by Crippen LogP contribution is -2.21. The van der Waals surface area contributed by atoms with Gasteiger partial charge in [-0.05, 0) is 31.0 Å². The number of halogens is 1. The first kappa shape index (κ1) is 21.0. The maximum atomic E-state index is 12.2. The summed E-state index contributed by atoms with van der Waals surface area (Å²) in [7, 11) is 0. The van der Waals surface area contributed by atoms with Gasteiger partial charge in [-0.3, -0.25) is 25.0 Å². The van der Waals surface area contributed by atoms with Crippen LogP contribution in [0.1, 0.15) is 23.2 Å². The minimum atomic E-state index is -0.934. The van der Waals surface area contributed by atoms with E-state index in [9.17, 15) is 29.8 Å². The molecule has 0 spiro atoms. The van der Waals surface area contributed by atoms with Crippen LogP contribution in [-0.2, 0) is 9.53 Å². The Morgan fingerprint density at radius 3 is 2.43 bits per heavy atom. The predicted octanol–water partition coefficient (Wildman–Crippen LogP) is 3.53. The first-order valence-electron chi connectivity index (χ1n) is 8.70. The Morgan fingerprint density at radius 1 is 1.07 bits per heavy atom. The van der Waals surface area contributed by atoms with Crippen molar-refractivity contribution in [1.82, 2.24) is 0 Å². The molecule has 0 heterocycles. The topological polar surface area (TPSA) is 154 Å². The number of non-ortho nitro benzene ring substituents is 1. The van der Waals surface area contributed by atoms with Crippen LogP contribution >= 0.6 is 11.6 Å². The summed E-state index contributed by atoms with van der Waals surface area (Å²) in [5.41, 5.74) is -0.359. The molecule has 2 aromatic rings. The highest BCUT2D eigenvalue weighted by atomic mass is 35.5. The number of carbonyl (C=O) groups is 2. The number of nitrogens with one attached hydrogen (secondary N) is 2. The third kappa shape index (κ3) is 5.20. The summed E-state index contributed by atoms with van der Waals surface area (Å²) in [5, 5.41) is 27.5. The Bertz CT molecular complexity index is 1040. The molecule has 1 aliphatic rings. The van der Waals surface area contributed by atoms with Crippen LogP contribution in [0.5, 0.6) is 0 Å². The van der Waals surface area contributed by atoms with Crippen LogP contribution in [0.15, 0.2) is 36.4 Å². The van der Waals surface area contributed by atoms with Gasteiger partial charge in [-0.15, -0.1) is 0 Å². The van der Waals surface area contributed by atoms with Crippen LogP contribution in [0.4, 0.5) is 22.7 Å². The van der Waals surface area contributed by atoms with Crippen molar-refractivity contribution in [3.8, 4) is 0 Å². The number of anilines is 2. The molecule has 30 heavy (non-hydrogen) atoms. The number of amides is 1. The first-order valence-corrected chi connectivity index (χ1v) is 9.08. The zero-order valence-corrected chi connectivity index (χ0v) is 16.0. The van der Waals surface area contributed by atoms with Gasteiger partial charge in [-0.1, -0.05) is 11.6 Å². The summed E-state index contributed by atoms with van der Waals surface area (Å²) in [5.74, 6) is -1.72. The molecule has 0 radical (unpaired) electrons. The number of hydrogen-bond acceptors (Lipinski definition) is 8. The highest BCUT2D eigenvalue weighted by Crippen LogP contribution is 2.31. The summed E-state index contributed by atoms with van der Waals surface area (Å²) in [4.78, 5) is 45.0. The Labute approximate surface area is 174 Å². The van der Waals surface area contributed by atoms with Crippen molar-refractivity contribution in [3.05, 3.63) is 67.2 Å². The van der Waals surface area contributed by atoms with Gasteiger partial charge in [0.05, 0.1) is 26.1 Å². The average Bonchev–Trinajstić information content (AvgIpc) is 3.51. The second kappa shape index (κ2) is 8.74. The molecule has 0 bridgehead atoms. The summed E-state index contributed by atoms with van der Waals surface area (Å²) in [6.07, 6.45) is 1.84. The molecule has 11 nitrogen and oxygen atoms in total. The molecule has 0 aliphatic heterocycles. The molecular weight excluding hydrogens is 420 g/mol. The molecule has 0 aromatic heterocycles. The fraction of sp³-hybridized carbons (Fsp3) is 0.222. The number of benzene rings is 2. The highest BCUT2D eigenvalue weighted by Gasteiger charge is 2.26. The van der Waals surface area contributed by atoms with Crippen LogP contribution in [0.2, 0.25) is 5.02 Å². The molecule has 12 heteroatoms. The number of ether oxygens (including phenoxy) is 1. The number of esters is 1. The number of rotatable bonds is 8. The minimum absolute atomic E-state index is 0.0157. The standard InChI is InChI=1S/C18H15ClN4O7/c19-13-5-4-12(22(26)27)8-15(13)21-17(24)9-30-18(25)10-1-6-14(20-11-2-3-11)16(7-10)23(28)29/h1,4-8,11,20H,2-3,9H2,(H,21,24). The maximum absolute atomic E-state index is 12.2. The maximum Gasteiger partial charge on any atom is 0.338 e. The molecule has 1 fully saturated rings. The molecular formula is C18H15ClN4O7. The van der Waals surface area contributed by atoms with Gasteiger partial charge in [-0.25, -0.2) is 4.79 Å². The highest BCUT2D eigenvalue weighted by molar-refractivity contribution is 6.33. The Hall–Kier alpha value is -3.73. The molecule has 3 rings (SSSR count). The van der Waals surface area contributed by atoms with E-state index in [1.165, 1.54) is 24.3 Å². The average molecular weight is 435 g/mol. The second-order valence-corrected chi connectivity index (χ2v) is 6.86. The van der Waals surface area contributed by atoms with E-state index in [-0.39, 0.29) is 33.7 Å². The molecule has 2 aromatic carbocycles. The van der Waals surface area contributed by atoms with E-state index in [2.05, 4.69) is 10.6 Å². The van der Waals surface area contributed by atoms with E-state index in [1.54, 1.807) is 0 Å². The predicted molar refractivity (Wildman–Crippen MR) is 107 cm³/mol. The van der Waals surface area contributed by atoms with Crippen LogP contribution in [0.25, 0.3) is 0 Å². The van der Waals surface area contributed by atoms with Crippen molar-refractivity contribution in [2.45, 2.75) is 18.9 Å². The molecule has 1 amide bonds. The lowest BCUT2D eigenvalue weighted by Gasteiger charge is -2.09. The molecule has 0 saturated heterocycles. The van der Waals surface area contributed by atoms with E-state index < -0.39 is 28.3 Å². The largest absolute Gasteiger partial charge is 0.452 e. The van der Waals surface area contributed by atoms with Crippen LogP contribution in [0.3, 0.4) is 0 Å². The van der Waals surface area contributed by atoms with Crippen molar-refractivity contribution in [2.24, 2.45) is 0 Å². The molecule has 2 N–H and O–H groups in total. The Balaban J connectivity index is 1.63. The number of hydrogen-bond donors (Lipinski definition) is 2. The quantitative estimate of drug-likeness (QED) is 0.363. The van der Waals surface area contributed by atoms with Gasteiger partial charge >= 0.3 is 5.97 Å². The van der Waals surface area contributed by atoms with Crippen LogP contribution in [0, 0.1) is 20.2 Å². The van der Waals surface area contributed by atoms with E-state index in [1.807, 2.05) is 0 Å². The molecule has 1 aliphatic carbocycles. The van der Waals surface area contributed by atoms with Gasteiger partial charge in [0, 0.05) is 24.2 Å². The third-order valence-corrected chi connectivity index (χ3v) is 4.47. The Kier molecular flexibility index (Phi) is 6.11. The SMILES string of the molecule is O=C(COC(=O)c1ccc(NC2CC2)c([N+](=O)[O-])c1)Nc1cc([N+](=O)[O-])ccc1Cl. The molecule has 1 saturated carbocycles. The van der Waals surface area contributed by atoms with Gasteiger partial charge in [-0.2, -0.15) is 0 Å². The lowest BCUT2D eigenvalue weighted by molar-refractivity contribution is -0.384. The number of carbonyl (C=O) groups excluding carboxylic acids is 2. The van der Waals surface area contributed by atoms with Gasteiger partial charge in [0.1, 0.15) is 5.69 Å². The molecule has 156 valence electrons. The van der Waals surface area contributed by atoms with E-state index in [4.69, 9.17) is 16.3 Å². The van der Waals surface area contributed by atoms with E-state index >= 15 is 0 Å². The summed E-state index contributed by atoms with van der Waals surface area (Å²) < 4.78 is 4.88. The normalized spacial score (nSPS) is 12.7. The van der Waals surface area contributed by atoms with Crippen molar-refractivity contribution < 1.29 is 24.2 Å². The fourth-order valence-electron chi connectivity index (χ4n) is 2.50. The van der Waals surface area contributed by atoms with E-state index in [0.717, 1.165) is 25.0 Å². The van der Waals surface area contributed by atoms with Crippen molar-refractivity contribution >= 4 is 46.2 Å². The summed E-state index contributed by atoms with van der Waals surface area (Å²) in [6.45, 7) is -0.715. The molecule has 0 unspecified atom stereocenters. The van der Waals surface area contributed by atoms with Gasteiger partial charge in [0.15, 0.2) is 6.61 Å². The smallest absolute Gasteiger partial charge is 0.338 e. The van der Waals surface area contributed by atoms with Crippen molar-refractivity contribution in [1.29, 1.82) is 0 Å². The Morgan fingerprint density at radius 2 is 1.80 bits per heavy atom. The van der Waals surface area contributed by atoms with Crippen molar-refractivity contribution in [3.63, 3.8) is 0 Å². The zero-order chi connectivity index (χ0) is 21.8. The van der Waals surface area contributed by atoms with Gasteiger partial charge < -0.3 is 15.4 Å². The summed E-state index contributed by atoms with van der Waals surface area (Å²) >= 11 is 5.89.